The van der Waals surface area contributed by atoms with Gasteiger partial charge in [-0.2, -0.15) is 0 Å². The third-order valence-electron chi connectivity index (χ3n) is 2.49. The van der Waals surface area contributed by atoms with Crippen LogP contribution in [-0.2, 0) is 0 Å². The summed E-state index contributed by atoms with van der Waals surface area (Å²) in [5.41, 5.74) is 5.53. The molecule has 2 rings (SSSR count). The van der Waals surface area contributed by atoms with Crippen molar-refractivity contribution >= 4 is 15.7 Å². The van der Waals surface area contributed by atoms with Gasteiger partial charge in [-0.1, -0.05) is 12.8 Å². The summed E-state index contributed by atoms with van der Waals surface area (Å²) in [7, 11) is 10.2. The number of nitrogens with two attached hydrogens (primary N) is 1. The lowest BCUT2D eigenvalue weighted by Crippen LogP contribution is -2.15. The predicted molar refractivity (Wildman–Crippen MR) is 68.8 cm³/mol. The average molecular weight is 231 g/mol. The van der Waals surface area contributed by atoms with Crippen molar-refractivity contribution in [3.05, 3.63) is 30.1 Å². The molecule has 0 unspecified atom stereocenters. The van der Waals surface area contributed by atoms with Gasteiger partial charge in [-0.15, -0.1) is 0 Å². The summed E-state index contributed by atoms with van der Waals surface area (Å²) in [6, 6.07) is 6.02. The highest BCUT2D eigenvalue weighted by Gasteiger charge is 2.07. The standard InChI is InChI=1S/C7H5B2FO.C5H11N/c8-7(9)11-6-3-1-5(10)2-4-6;6-5-3-1-2-4-5/h1-4,7H;5H,1-4,6H2. The highest BCUT2D eigenvalue weighted by atomic mass is 19.1. The first-order valence-corrected chi connectivity index (χ1v) is 5.77. The second kappa shape index (κ2) is 7.38. The van der Waals surface area contributed by atoms with E-state index in [1.54, 1.807) is 0 Å². The minimum atomic E-state index is -0.861. The Hall–Kier alpha value is -0.960. The lowest BCUT2D eigenvalue weighted by atomic mass is 9.82. The van der Waals surface area contributed by atoms with Crippen molar-refractivity contribution in [2.75, 3.05) is 0 Å². The van der Waals surface area contributed by atoms with E-state index in [1.807, 2.05) is 0 Å². The maximum absolute atomic E-state index is 12.3. The number of rotatable bonds is 2. The van der Waals surface area contributed by atoms with Gasteiger partial charge >= 0.3 is 0 Å². The molecule has 0 spiro atoms. The Labute approximate surface area is 105 Å². The normalized spacial score (nSPS) is 15.5. The minimum Gasteiger partial charge on any atom is -0.510 e. The molecule has 1 saturated carbocycles. The fraction of sp³-hybridized carbons (Fsp3) is 0.500. The van der Waals surface area contributed by atoms with Gasteiger partial charge in [0.1, 0.15) is 27.3 Å². The Balaban J connectivity index is 0.000000202. The molecule has 4 radical (unpaired) electrons. The molecule has 1 aromatic carbocycles. The Morgan fingerprint density at radius 3 is 2.06 bits per heavy atom. The lowest BCUT2D eigenvalue weighted by molar-refractivity contribution is 0.352. The molecule has 0 aliphatic heterocycles. The predicted octanol–water partition coefficient (Wildman–Crippen LogP) is 1.71. The zero-order valence-electron chi connectivity index (χ0n) is 9.81. The number of hydrogen-bond donors (Lipinski definition) is 1. The molecule has 1 aromatic rings. The van der Waals surface area contributed by atoms with Gasteiger partial charge in [-0.3, -0.25) is 0 Å². The van der Waals surface area contributed by atoms with Crippen LogP contribution >= 0.6 is 0 Å². The summed E-state index contributed by atoms with van der Waals surface area (Å²) in [4.78, 5) is 0. The molecule has 0 heterocycles. The van der Waals surface area contributed by atoms with E-state index in [1.165, 1.54) is 49.9 Å². The second-order valence-electron chi connectivity index (χ2n) is 4.08. The molecular formula is C12H16B2FNO. The Morgan fingerprint density at radius 1 is 1.18 bits per heavy atom. The van der Waals surface area contributed by atoms with E-state index in [2.05, 4.69) is 0 Å². The molecule has 0 atom stereocenters. The molecule has 0 amide bonds. The van der Waals surface area contributed by atoms with E-state index in [-0.39, 0.29) is 5.82 Å². The minimum absolute atomic E-state index is 0.317. The first-order chi connectivity index (χ1) is 8.08. The van der Waals surface area contributed by atoms with E-state index < -0.39 is 5.90 Å². The third-order valence-corrected chi connectivity index (χ3v) is 2.49. The van der Waals surface area contributed by atoms with Gasteiger partial charge in [0.15, 0.2) is 0 Å². The average Bonchev–Trinajstić information content (AvgIpc) is 2.73. The molecule has 2 nitrogen and oxygen atoms in total. The number of ether oxygens (including phenoxy) is 1. The van der Waals surface area contributed by atoms with Crippen LogP contribution < -0.4 is 10.5 Å². The fourth-order valence-corrected chi connectivity index (χ4v) is 1.63. The first-order valence-electron chi connectivity index (χ1n) is 5.77. The van der Waals surface area contributed by atoms with Crippen LogP contribution in [0.1, 0.15) is 25.7 Å². The highest BCUT2D eigenvalue weighted by molar-refractivity contribution is 6.34. The van der Waals surface area contributed by atoms with Crippen molar-refractivity contribution in [3.63, 3.8) is 0 Å². The molecule has 2 N–H and O–H groups in total. The van der Waals surface area contributed by atoms with Crippen LogP contribution in [0.5, 0.6) is 5.75 Å². The maximum atomic E-state index is 12.3. The van der Waals surface area contributed by atoms with Crippen LogP contribution in [0.4, 0.5) is 4.39 Å². The zero-order chi connectivity index (χ0) is 12.7. The highest BCUT2D eigenvalue weighted by Crippen LogP contribution is 2.14. The summed E-state index contributed by atoms with van der Waals surface area (Å²) in [5, 5.41) is 0. The zero-order valence-corrected chi connectivity index (χ0v) is 9.81. The second-order valence-corrected chi connectivity index (χ2v) is 4.08. The van der Waals surface area contributed by atoms with Crippen molar-refractivity contribution < 1.29 is 9.13 Å². The monoisotopic (exact) mass is 231 g/mol. The van der Waals surface area contributed by atoms with Crippen molar-refractivity contribution in [3.8, 4) is 5.75 Å². The van der Waals surface area contributed by atoms with E-state index in [0.29, 0.717) is 11.8 Å². The van der Waals surface area contributed by atoms with E-state index in [4.69, 9.17) is 26.2 Å². The Bertz CT molecular complexity index is 313. The van der Waals surface area contributed by atoms with Crippen molar-refractivity contribution in [1.29, 1.82) is 0 Å². The first kappa shape index (κ1) is 14.1. The molecule has 5 heteroatoms. The maximum Gasteiger partial charge on any atom is 0.123 e. The quantitative estimate of drug-likeness (QED) is 0.786. The van der Waals surface area contributed by atoms with Gasteiger partial charge < -0.3 is 10.5 Å². The van der Waals surface area contributed by atoms with Crippen LogP contribution in [0.3, 0.4) is 0 Å². The van der Waals surface area contributed by atoms with Gasteiger partial charge in [0, 0.05) is 11.9 Å². The van der Waals surface area contributed by atoms with Gasteiger partial charge in [-0.05, 0) is 37.1 Å². The molecule has 17 heavy (non-hydrogen) atoms. The Kier molecular flexibility index (Phi) is 6.12. The van der Waals surface area contributed by atoms with E-state index >= 15 is 0 Å². The SMILES string of the molecule is NC1CCCC1.[B]C([B])Oc1ccc(F)cc1. The number of benzene rings is 1. The summed E-state index contributed by atoms with van der Waals surface area (Å²) in [6.07, 6.45) is 5.25. The van der Waals surface area contributed by atoms with E-state index in [9.17, 15) is 4.39 Å². The van der Waals surface area contributed by atoms with Gasteiger partial charge in [0.2, 0.25) is 0 Å². The Morgan fingerprint density at radius 2 is 1.71 bits per heavy atom. The largest absolute Gasteiger partial charge is 0.510 e. The van der Waals surface area contributed by atoms with Crippen LogP contribution in [0.2, 0.25) is 0 Å². The van der Waals surface area contributed by atoms with Crippen LogP contribution in [0.25, 0.3) is 0 Å². The summed E-state index contributed by atoms with van der Waals surface area (Å²) < 4.78 is 17.2. The molecule has 0 saturated heterocycles. The number of hydrogen-bond acceptors (Lipinski definition) is 2. The van der Waals surface area contributed by atoms with Crippen molar-refractivity contribution in [2.24, 2.45) is 5.73 Å². The summed E-state index contributed by atoms with van der Waals surface area (Å²) in [5.74, 6) is -0.718. The molecule has 1 aliphatic rings. The fourth-order valence-electron chi connectivity index (χ4n) is 1.63. The molecule has 1 aliphatic carbocycles. The summed E-state index contributed by atoms with van der Waals surface area (Å²) in [6.45, 7) is 0. The van der Waals surface area contributed by atoms with Crippen molar-refractivity contribution in [2.45, 2.75) is 37.6 Å². The van der Waals surface area contributed by atoms with Crippen LogP contribution in [0, 0.1) is 5.82 Å². The van der Waals surface area contributed by atoms with E-state index in [0.717, 1.165) is 0 Å². The van der Waals surface area contributed by atoms with Crippen molar-refractivity contribution in [1.82, 2.24) is 0 Å². The molecule has 1 fully saturated rings. The molecule has 0 bridgehead atoms. The van der Waals surface area contributed by atoms with Gasteiger partial charge in [-0.25, -0.2) is 4.39 Å². The van der Waals surface area contributed by atoms with Gasteiger partial charge in [0.25, 0.3) is 0 Å². The van der Waals surface area contributed by atoms with Crippen LogP contribution in [-0.4, -0.2) is 27.6 Å². The molecular weight excluding hydrogens is 215 g/mol. The third kappa shape index (κ3) is 6.37. The van der Waals surface area contributed by atoms with Crippen LogP contribution in [0.15, 0.2) is 24.3 Å². The topological polar surface area (TPSA) is 35.2 Å². The molecule has 88 valence electrons. The summed E-state index contributed by atoms with van der Waals surface area (Å²) >= 11 is 0. The smallest absolute Gasteiger partial charge is 0.123 e. The number of halogens is 1. The molecule has 0 aromatic heterocycles. The lowest BCUT2D eigenvalue weighted by Gasteiger charge is -2.09. The van der Waals surface area contributed by atoms with Gasteiger partial charge in [0.05, 0.1) is 0 Å².